The van der Waals surface area contributed by atoms with Gasteiger partial charge in [-0.3, -0.25) is 43.2 Å². The number of aromatic nitrogens is 3. The fourth-order valence-corrected chi connectivity index (χ4v) is 3.68. The summed E-state index contributed by atoms with van der Waals surface area (Å²) in [6.07, 6.45) is 2.43. The monoisotopic (exact) mass is 591 g/mol. The molecule has 0 saturated heterocycles. The Morgan fingerprint density at radius 2 is 0.619 bits per heavy atom. The van der Waals surface area contributed by atoms with Gasteiger partial charge in [0.25, 0.3) is 17.3 Å². The van der Waals surface area contributed by atoms with Gasteiger partial charge >= 0.3 is 34.8 Å². The molecule has 0 fully saturated rings. The molecule has 0 aliphatic rings. The predicted molar refractivity (Wildman–Crippen MR) is 144 cm³/mol. The van der Waals surface area contributed by atoms with Crippen molar-refractivity contribution in [2.24, 2.45) is 0 Å². The fourth-order valence-electron chi connectivity index (χ4n) is 3.68. The van der Waals surface area contributed by atoms with Gasteiger partial charge in [0.05, 0.1) is 0 Å². The van der Waals surface area contributed by atoms with Crippen LogP contribution in [0.2, 0.25) is 0 Å². The molecule has 0 unspecified atom stereocenters. The molecule has 0 aliphatic heterocycles. The van der Waals surface area contributed by atoms with E-state index in [-0.39, 0.29) is 19.3 Å². The number of Topliss-reactive ketones (excluding diaryl/α,β-unsaturated/α-hetero) is 6. The average Bonchev–Trinajstić information content (AvgIpc) is 2.95. The smallest absolute Gasteiger partial charge is 0.290 e. The highest BCUT2D eigenvalue weighted by atomic mass is 16.2. The van der Waals surface area contributed by atoms with Gasteiger partial charge in [0, 0.05) is 19.3 Å². The normalized spacial score (nSPS) is 10.6. The zero-order valence-electron chi connectivity index (χ0n) is 23.7. The van der Waals surface area contributed by atoms with Gasteiger partial charge in [-0.15, -0.1) is 0 Å². The first-order valence-electron chi connectivity index (χ1n) is 13.6. The van der Waals surface area contributed by atoms with Crippen LogP contribution in [0, 0.1) is 0 Å². The number of hydrogen-bond donors (Lipinski definition) is 0. The van der Waals surface area contributed by atoms with Crippen molar-refractivity contribution in [3.63, 3.8) is 0 Å². The van der Waals surface area contributed by atoms with Crippen LogP contribution < -0.4 is 17.1 Å². The summed E-state index contributed by atoms with van der Waals surface area (Å²) in [5.41, 5.74) is -6.68. The molecule has 1 rings (SSSR count). The van der Waals surface area contributed by atoms with Gasteiger partial charge in [-0.05, 0) is 19.3 Å². The van der Waals surface area contributed by atoms with Gasteiger partial charge in [-0.1, -0.05) is 59.3 Å². The summed E-state index contributed by atoms with van der Waals surface area (Å²) >= 11 is 0. The lowest BCUT2D eigenvalue weighted by Gasteiger charge is -2.10. The van der Waals surface area contributed by atoms with Crippen LogP contribution in [-0.2, 0) is 28.8 Å². The largest absolute Gasteiger partial charge is 0.351 e. The second-order valence-electron chi connectivity index (χ2n) is 9.40. The van der Waals surface area contributed by atoms with E-state index in [0.29, 0.717) is 38.5 Å². The molecule has 15 nitrogen and oxygen atoms in total. The highest BCUT2D eigenvalue weighted by Gasteiger charge is 2.37. The second-order valence-corrected chi connectivity index (χ2v) is 9.40. The Balaban J connectivity index is 3.83. The molecule has 1 aromatic rings. The summed E-state index contributed by atoms with van der Waals surface area (Å²) in [5, 5.41) is 0. The molecule has 0 bridgehead atoms. The summed E-state index contributed by atoms with van der Waals surface area (Å²) in [5.74, 6) is -16.3. The predicted octanol–water partition coefficient (Wildman–Crippen LogP) is 0.248. The van der Waals surface area contributed by atoms with E-state index < -0.39 is 102 Å². The van der Waals surface area contributed by atoms with Crippen LogP contribution >= 0.6 is 0 Å². The van der Waals surface area contributed by atoms with E-state index in [1.807, 2.05) is 0 Å². The van der Waals surface area contributed by atoms with Gasteiger partial charge in [0.15, 0.2) is 0 Å². The molecule has 0 aliphatic carbocycles. The van der Waals surface area contributed by atoms with Gasteiger partial charge in [0.1, 0.15) is 0 Å². The Kier molecular flexibility index (Phi) is 14.1. The number of nitrogens with zero attached hydrogens (tertiary/aromatic N) is 3. The molecule has 1 heterocycles. The van der Waals surface area contributed by atoms with Crippen LogP contribution in [0.1, 0.15) is 112 Å². The molecule has 0 N–H and O–H groups in total. The SMILES string of the molecule is CCCCCC(=O)C(=O)C(=O)n1c(=O)n(C(=O)C(=O)C(=O)CCCCC)c(=O)n(C(=O)C(=O)C(=O)CCCCC)c1=O. The second kappa shape index (κ2) is 16.6. The Bertz CT molecular complexity index is 1280. The lowest BCUT2D eigenvalue weighted by molar-refractivity contribution is -0.134. The van der Waals surface area contributed by atoms with Gasteiger partial charge in [-0.25, -0.2) is 14.4 Å². The minimum atomic E-state index is -2.23. The Morgan fingerprint density at radius 1 is 0.405 bits per heavy atom. The van der Waals surface area contributed by atoms with Gasteiger partial charge < -0.3 is 0 Å². The van der Waals surface area contributed by atoms with Crippen LogP contribution in [0.25, 0.3) is 0 Å². The average molecular weight is 592 g/mol. The first-order valence-corrected chi connectivity index (χ1v) is 13.6. The lowest BCUT2D eigenvalue weighted by atomic mass is 10.1. The van der Waals surface area contributed by atoms with Crippen LogP contribution in [0.5, 0.6) is 0 Å². The van der Waals surface area contributed by atoms with E-state index in [4.69, 9.17) is 0 Å². The summed E-state index contributed by atoms with van der Waals surface area (Å²) in [4.78, 5) is 151. The van der Waals surface area contributed by atoms with Crippen LogP contribution in [0.15, 0.2) is 14.4 Å². The number of ketones is 6. The zero-order chi connectivity index (χ0) is 32.1. The van der Waals surface area contributed by atoms with E-state index >= 15 is 0 Å². The summed E-state index contributed by atoms with van der Waals surface area (Å²) in [6, 6.07) is 0. The van der Waals surface area contributed by atoms with E-state index in [2.05, 4.69) is 0 Å². The molecule has 0 atom stereocenters. The summed E-state index contributed by atoms with van der Waals surface area (Å²) in [7, 11) is 0. The fraction of sp³-hybridized carbons (Fsp3) is 0.556. The third-order valence-corrected chi connectivity index (χ3v) is 6.12. The van der Waals surface area contributed by atoms with Crippen LogP contribution in [-0.4, -0.2) is 66.1 Å². The minimum absolute atomic E-state index is 0.160. The molecule has 15 heteroatoms. The highest BCUT2D eigenvalue weighted by molar-refractivity contribution is 6.65. The molecule has 0 aromatic carbocycles. The molecule has 1 aromatic heterocycles. The highest BCUT2D eigenvalue weighted by Crippen LogP contribution is 2.03. The maximum Gasteiger partial charge on any atom is 0.351 e. The quantitative estimate of drug-likeness (QED) is 0.127. The van der Waals surface area contributed by atoms with Crippen molar-refractivity contribution in [3.8, 4) is 0 Å². The lowest BCUT2D eigenvalue weighted by Crippen LogP contribution is -2.62. The van der Waals surface area contributed by atoms with Crippen LogP contribution in [0.3, 0.4) is 0 Å². The van der Waals surface area contributed by atoms with Crippen molar-refractivity contribution in [3.05, 3.63) is 31.5 Å². The number of carbonyl (C=O) groups excluding carboxylic acids is 9. The Labute approximate surface area is 238 Å². The van der Waals surface area contributed by atoms with Crippen molar-refractivity contribution in [1.29, 1.82) is 0 Å². The van der Waals surface area contributed by atoms with E-state index in [0.717, 1.165) is 0 Å². The van der Waals surface area contributed by atoms with E-state index in [1.54, 1.807) is 20.8 Å². The number of carbonyl (C=O) groups is 9. The molecular formula is C27H33N3O12. The number of unbranched alkanes of at least 4 members (excludes halogenated alkanes) is 6. The van der Waals surface area contributed by atoms with Crippen molar-refractivity contribution < 1.29 is 43.2 Å². The van der Waals surface area contributed by atoms with Crippen molar-refractivity contribution in [2.45, 2.75) is 97.8 Å². The molecule has 228 valence electrons. The zero-order valence-corrected chi connectivity index (χ0v) is 23.7. The van der Waals surface area contributed by atoms with Gasteiger partial charge in [0.2, 0.25) is 17.3 Å². The summed E-state index contributed by atoms with van der Waals surface area (Å²) < 4.78 is -2.21. The third-order valence-electron chi connectivity index (χ3n) is 6.12. The number of rotatable bonds is 18. The first kappa shape index (κ1) is 35.5. The molecule has 0 radical (unpaired) electrons. The standard InChI is InChI=1S/C27H33N3O12/c1-4-7-10-13-16(31)19(34)22(37)28-25(40)29(23(38)20(35)17(32)14-11-8-5-2)27(42)30(26(28)41)24(39)21(36)18(33)15-12-9-6-3/h4-15H2,1-3H3. The number of hydrogen-bond acceptors (Lipinski definition) is 12. The first-order chi connectivity index (χ1) is 19.8. The Morgan fingerprint density at radius 3 is 0.810 bits per heavy atom. The molecule has 42 heavy (non-hydrogen) atoms. The van der Waals surface area contributed by atoms with Crippen LogP contribution in [0.4, 0.5) is 0 Å². The maximum atomic E-state index is 13.0. The van der Waals surface area contributed by atoms with Crippen molar-refractivity contribution in [2.75, 3.05) is 0 Å². The summed E-state index contributed by atoms with van der Waals surface area (Å²) in [6.45, 7) is 5.34. The molecule has 0 amide bonds. The molecule has 0 saturated carbocycles. The molecule has 0 spiro atoms. The van der Waals surface area contributed by atoms with E-state index in [9.17, 15) is 57.5 Å². The van der Waals surface area contributed by atoms with Crippen molar-refractivity contribution in [1.82, 2.24) is 13.7 Å². The van der Waals surface area contributed by atoms with E-state index in [1.165, 1.54) is 0 Å². The Hall–Kier alpha value is -4.56. The molecular weight excluding hydrogens is 558 g/mol. The van der Waals surface area contributed by atoms with Crippen molar-refractivity contribution >= 4 is 52.4 Å². The maximum absolute atomic E-state index is 13.0. The third kappa shape index (κ3) is 8.47. The minimum Gasteiger partial charge on any atom is -0.290 e. The topological polar surface area (TPSA) is 220 Å². The van der Waals surface area contributed by atoms with Gasteiger partial charge in [-0.2, -0.15) is 13.7 Å².